The second kappa shape index (κ2) is 16.1. The molecule has 1 amide bonds. The Bertz CT molecular complexity index is 1850. The number of aromatic nitrogens is 2. The number of unbranched alkanes of at least 4 members (excludes halogenated alkanes) is 7. The van der Waals surface area contributed by atoms with Crippen LogP contribution < -0.4 is 19.8 Å². The van der Waals surface area contributed by atoms with Crippen LogP contribution in [0.3, 0.4) is 0 Å². The molecule has 1 atom stereocenters. The maximum absolute atomic E-state index is 13.4. The van der Waals surface area contributed by atoms with Crippen molar-refractivity contribution < 1.29 is 24.1 Å². The summed E-state index contributed by atoms with van der Waals surface area (Å²) in [6.07, 6.45) is 12.6. The minimum atomic E-state index is -0.141. The molecule has 1 N–H and O–H groups in total. The zero-order chi connectivity index (χ0) is 34.2. The molecular formula is C39H46N4O6. The van der Waals surface area contributed by atoms with Crippen molar-refractivity contribution >= 4 is 28.7 Å². The summed E-state index contributed by atoms with van der Waals surface area (Å²) >= 11 is 0. The van der Waals surface area contributed by atoms with Crippen LogP contribution in [0.25, 0.3) is 16.6 Å². The largest absolute Gasteiger partial charge is 0.494 e. The van der Waals surface area contributed by atoms with Gasteiger partial charge in [0.1, 0.15) is 11.6 Å². The fraction of sp³-hybridized carbons (Fsp3) is 0.436. The summed E-state index contributed by atoms with van der Waals surface area (Å²) in [5.74, 6) is 2.49. The minimum absolute atomic E-state index is 0.0147. The number of hydrogen-bond acceptors (Lipinski definition) is 8. The van der Waals surface area contributed by atoms with Crippen molar-refractivity contribution in [3.63, 3.8) is 0 Å². The van der Waals surface area contributed by atoms with Crippen LogP contribution in [-0.4, -0.2) is 64.6 Å². The van der Waals surface area contributed by atoms with Crippen molar-refractivity contribution in [2.75, 3.05) is 26.9 Å². The summed E-state index contributed by atoms with van der Waals surface area (Å²) in [5, 5.41) is 9.86. The third-order valence-corrected chi connectivity index (χ3v) is 9.41. The number of benzene rings is 3. The zero-order valence-electron chi connectivity index (χ0n) is 28.5. The Morgan fingerprint density at radius 1 is 0.857 bits per heavy atom. The first-order chi connectivity index (χ1) is 24.0. The number of amides is 1. The Labute approximate surface area is 287 Å². The first-order valence-electron chi connectivity index (χ1n) is 17.5. The average Bonchev–Trinajstić information content (AvgIpc) is 3.55. The van der Waals surface area contributed by atoms with Gasteiger partial charge in [0.05, 0.1) is 60.8 Å². The Balaban J connectivity index is 0.879. The average molecular weight is 667 g/mol. The standard InChI is InChI=1S/C39H46N4O6/c1-27-41-34-18-17-31(22-32(34)39(46)43(27)29-15-13-28(26-44)14-16-29)48-20-9-7-5-3-4-6-8-10-21-49-37-24-35-33(23-36(37)47-2)38(45)42-19-11-12-30(42)25-40-35/h13-18,22-25,30,44H,3-12,19-21,26H2,1-2H3/t30-/m0/s1. The van der Waals surface area contributed by atoms with Gasteiger partial charge in [-0.1, -0.05) is 50.7 Å². The molecule has 0 unspecified atom stereocenters. The zero-order valence-corrected chi connectivity index (χ0v) is 28.5. The van der Waals surface area contributed by atoms with E-state index in [1.165, 1.54) is 12.8 Å². The summed E-state index contributed by atoms with van der Waals surface area (Å²) in [5.41, 5.74) is 3.23. The Hall–Kier alpha value is -4.70. The van der Waals surface area contributed by atoms with Gasteiger partial charge in [-0.2, -0.15) is 0 Å². The molecule has 0 saturated carbocycles. The number of aliphatic hydroxyl groups is 1. The number of carbonyl (C=O) groups excluding carboxylic acids is 1. The van der Waals surface area contributed by atoms with Gasteiger partial charge in [-0.3, -0.25) is 19.1 Å². The van der Waals surface area contributed by atoms with Crippen molar-refractivity contribution in [3.05, 3.63) is 81.9 Å². The molecule has 10 heteroatoms. The lowest BCUT2D eigenvalue weighted by Gasteiger charge is -2.20. The lowest BCUT2D eigenvalue weighted by molar-refractivity contribution is 0.0774. The van der Waals surface area contributed by atoms with Crippen LogP contribution in [0.5, 0.6) is 17.2 Å². The van der Waals surface area contributed by atoms with Gasteiger partial charge >= 0.3 is 0 Å². The fourth-order valence-electron chi connectivity index (χ4n) is 6.68. The molecule has 0 spiro atoms. The number of nitrogens with zero attached hydrogens (tertiary/aromatic N) is 4. The van der Waals surface area contributed by atoms with Crippen LogP contribution in [0.15, 0.2) is 64.4 Å². The van der Waals surface area contributed by atoms with Crippen LogP contribution in [-0.2, 0) is 6.61 Å². The van der Waals surface area contributed by atoms with E-state index in [-0.39, 0.29) is 24.1 Å². The van der Waals surface area contributed by atoms with Crippen LogP contribution >= 0.6 is 0 Å². The second-order valence-corrected chi connectivity index (χ2v) is 12.8. The molecule has 1 aromatic heterocycles. The summed E-state index contributed by atoms with van der Waals surface area (Å²) in [6.45, 7) is 3.73. The van der Waals surface area contributed by atoms with Gasteiger partial charge < -0.3 is 24.2 Å². The maximum atomic E-state index is 13.4. The quantitative estimate of drug-likeness (QED) is 0.127. The van der Waals surface area contributed by atoms with Crippen molar-refractivity contribution in [2.45, 2.75) is 83.8 Å². The molecule has 0 aliphatic carbocycles. The number of hydrogen-bond donors (Lipinski definition) is 1. The number of aryl methyl sites for hydroxylation is 1. The molecule has 3 heterocycles. The summed E-state index contributed by atoms with van der Waals surface area (Å²) < 4.78 is 19.2. The normalized spacial score (nSPS) is 15.3. The van der Waals surface area contributed by atoms with Crippen molar-refractivity contribution in [1.29, 1.82) is 0 Å². The molecule has 2 aliphatic rings. The van der Waals surface area contributed by atoms with Crippen LogP contribution in [0, 0.1) is 6.92 Å². The van der Waals surface area contributed by atoms with E-state index in [4.69, 9.17) is 14.2 Å². The van der Waals surface area contributed by atoms with E-state index in [2.05, 4.69) is 9.98 Å². The molecule has 4 aromatic rings. The van der Waals surface area contributed by atoms with Crippen LogP contribution in [0.2, 0.25) is 0 Å². The van der Waals surface area contributed by atoms with E-state index < -0.39 is 0 Å². The molecule has 10 nitrogen and oxygen atoms in total. The van der Waals surface area contributed by atoms with Gasteiger partial charge in [0.15, 0.2) is 11.5 Å². The number of methoxy groups -OCH3 is 1. The highest BCUT2D eigenvalue weighted by molar-refractivity contribution is 6.03. The number of fused-ring (bicyclic) bond motifs is 3. The Morgan fingerprint density at radius 2 is 1.57 bits per heavy atom. The molecule has 2 aliphatic heterocycles. The highest BCUT2D eigenvalue weighted by Gasteiger charge is 2.32. The number of aliphatic imine (C=N–C) groups is 1. The molecule has 1 fully saturated rings. The van der Waals surface area contributed by atoms with Gasteiger partial charge in [0.2, 0.25) is 0 Å². The van der Waals surface area contributed by atoms with Gasteiger partial charge in [-0.15, -0.1) is 0 Å². The highest BCUT2D eigenvalue weighted by Crippen LogP contribution is 2.38. The number of carbonyl (C=O) groups is 1. The number of aliphatic hydroxyl groups excluding tert-OH is 1. The van der Waals surface area contributed by atoms with Gasteiger partial charge in [0, 0.05) is 18.8 Å². The lowest BCUT2D eigenvalue weighted by Crippen LogP contribution is -2.35. The van der Waals surface area contributed by atoms with Crippen LogP contribution in [0.4, 0.5) is 5.69 Å². The van der Waals surface area contributed by atoms with E-state index in [0.717, 1.165) is 63.5 Å². The van der Waals surface area contributed by atoms with E-state index >= 15 is 0 Å². The number of ether oxygens (including phenoxy) is 3. The summed E-state index contributed by atoms with van der Waals surface area (Å²) in [4.78, 5) is 37.6. The Kier molecular flexibility index (Phi) is 11.3. The van der Waals surface area contributed by atoms with Gasteiger partial charge in [-0.25, -0.2) is 4.98 Å². The Morgan fingerprint density at radius 3 is 2.29 bits per heavy atom. The monoisotopic (exact) mass is 666 g/mol. The van der Waals surface area contributed by atoms with Crippen molar-refractivity contribution in [3.8, 4) is 22.9 Å². The van der Waals surface area contributed by atoms with Crippen molar-refractivity contribution in [1.82, 2.24) is 14.5 Å². The molecule has 258 valence electrons. The third kappa shape index (κ3) is 7.96. The molecule has 0 radical (unpaired) electrons. The molecule has 3 aromatic carbocycles. The molecular weight excluding hydrogens is 620 g/mol. The predicted octanol–water partition coefficient (Wildman–Crippen LogP) is 7.09. The van der Waals surface area contributed by atoms with Crippen LogP contribution in [0.1, 0.15) is 86.0 Å². The third-order valence-electron chi connectivity index (χ3n) is 9.41. The SMILES string of the molecule is COc1cc2c(cc1OCCCCCCCCCCOc1ccc3nc(C)n(-c4ccc(CO)cc4)c(=O)c3c1)N=C[C@@H]1CCCN1C2=O. The maximum Gasteiger partial charge on any atom is 0.266 e. The minimum Gasteiger partial charge on any atom is -0.494 e. The molecule has 1 saturated heterocycles. The number of rotatable bonds is 16. The molecule has 0 bridgehead atoms. The van der Waals surface area contributed by atoms with E-state index in [0.29, 0.717) is 64.1 Å². The summed E-state index contributed by atoms with van der Waals surface area (Å²) in [7, 11) is 1.60. The molecule has 6 rings (SSSR count). The van der Waals surface area contributed by atoms with Crippen molar-refractivity contribution in [2.24, 2.45) is 4.99 Å². The highest BCUT2D eigenvalue weighted by atomic mass is 16.5. The first-order valence-corrected chi connectivity index (χ1v) is 17.5. The predicted molar refractivity (Wildman–Crippen MR) is 191 cm³/mol. The lowest BCUT2D eigenvalue weighted by atomic mass is 10.1. The smallest absolute Gasteiger partial charge is 0.266 e. The molecule has 49 heavy (non-hydrogen) atoms. The topological polar surface area (TPSA) is 115 Å². The summed E-state index contributed by atoms with van der Waals surface area (Å²) in [6, 6.07) is 16.4. The fourth-order valence-corrected chi connectivity index (χ4v) is 6.68. The van der Waals surface area contributed by atoms with Gasteiger partial charge in [-0.05, 0) is 74.6 Å². The van der Waals surface area contributed by atoms with E-state index in [1.807, 2.05) is 48.4 Å². The second-order valence-electron chi connectivity index (χ2n) is 12.8. The van der Waals surface area contributed by atoms with Gasteiger partial charge in [0.25, 0.3) is 11.5 Å². The van der Waals surface area contributed by atoms with E-state index in [9.17, 15) is 14.7 Å². The first kappa shape index (κ1) is 34.2. The van der Waals surface area contributed by atoms with E-state index in [1.54, 1.807) is 35.9 Å².